The van der Waals surface area contributed by atoms with E-state index in [4.69, 9.17) is 4.74 Å². The summed E-state index contributed by atoms with van der Waals surface area (Å²) < 4.78 is 5.18. The number of hydrogen-bond acceptors (Lipinski definition) is 1. The Morgan fingerprint density at radius 3 is 2.44 bits per heavy atom. The van der Waals surface area contributed by atoms with Gasteiger partial charge >= 0.3 is 27.7 Å². The van der Waals surface area contributed by atoms with Gasteiger partial charge in [-0.3, -0.25) is 0 Å². The first-order valence-corrected chi connectivity index (χ1v) is 2.67. The van der Waals surface area contributed by atoms with Gasteiger partial charge in [-0.25, -0.2) is 0 Å². The van der Waals surface area contributed by atoms with Crippen molar-refractivity contribution in [1.29, 1.82) is 0 Å². The molecule has 49 valence electrons. The van der Waals surface area contributed by atoms with Crippen molar-refractivity contribution in [2.75, 3.05) is 6.61 Å². The Bertz CT molecular complexity index is 71.5. The number of halogens is 1. The second-order valence-corrected chi connectivity index (χ2v) is 1.79. The quantitative estimate of drug-likeness (QED) is 0.413. The van der Waals surface area contributed by atoms with E-state index in [1.165, 1.54) is 12.8 Å². The Morgan fingerprint density at radius 1 is 1.56 bits per heavy atom. The summed E-state index contributed by atoms with van der Waals surface area (Å²) in [7, 11) is 0. The Labute approximate surface area is 82.8 Å². The molecule has 1 aliphatic heterocycles. The predicted molar refractivity (Wildman–Crippen MR) is 29.2 cm³/mol. The molecular weight excluding hydrogens is 324 g/mol. The Kier molecular flexibility index (Phi) is 9.84. The molecule has 0 aromatic carbocycles. The van der Waals surface area contributed by atoms with Gasteiger partial charge < -0.3 is 17.1 Å². The summed E-state index contributed by atoms with van der Waals surface area (Å²) in [6, 6.07) is 0. The van der Waals surface area contributed by atoms with Crippen LogP contribution in [0, 0.1) is 0 Å². The molecule has 1 atom stereocenters. The summed E-state index contributed by atoms with van der Waals surface area (Å²) in [6.45, 7) is 4.54. The monoisotopic (exact) mass is 335 g/mol. The molecule has 1 nitrogen and oxygen atoms in total. The van der Waals surface area contributed by atoms with Gasteiger partial charge in [-0.15, -0.1) is 6.58 Å². The Balaban J connectivity index is 0. The predicted octanol–water partition coefficient (Wildman–Crippen LogP) is -1.65. The molecule has 0 N–H and O–H groups in total. The molecule has 1 aliphatic rings. The van der Waals surface area contributed by atoms with E-state index in [2.05, 4.69) is 6.58 Å². The zero-order valence-corrected chi connectivity index (χ0v) is 11.7. The third-order valence-electron chi connectivity index (χ3n) is 1.23. The van der Waals surface area contributed by atoms with Crippen LogP contribution in [0.5, 0.6) is 0 Å². The zero-order valence-electron chi connectivity index (χ0n) is 5.48. The van der Waals surface area contributed by atoms with Crippen LogP contribution in [0.25, 0.3) is 0 Å². The zero-order chi connectivity index (χ0) is 5.11. The van der Waals surface area contributed by atoms with Gasteiger partial charge in [0, 0.05) is 6.61 Å². The average Bonchev–Trinajstić information content (AvgIpc) is 2.14. The van der Waals surface area contributed by atoms with Crippen LogP contribution in [-0.4, -0.2) is 12.7 Å². The van der Waals surface area contributed by atoms with Crippen LogP contribution >= 0.6 is 0 Å². The first-order chi connectivity index (χ1) is 3.43. The van der Waals surface area contributed by atoms with E-state index in [0.717, 1.165) is 6.61 Å². The minimum atomic E-state index is 0. The normalized spacial score (nSPS) is 23.8. The number of hydrogen-bond donors (Lipinski definition) is 0. The van der Waals surface area contributed by atoms with E-state index in [1.54, 1.807) is 0 Å². The number of ether oxygens (including phenoxy) is 1. The Hall–Kier alpha value is 0.925. The first-order valence-electron chi connectivity index (χ1n) is 2.67. The van der Waals surface area contributed by atoms with Gasteiger partial charge in [0.05, 0.1) is 6.10 Å². The van der Waals surface area contributed by atoms with Gasteiger partial charge in [-0.1, -0.05) is 6.08 Å². The molecular formula is C6H10ClHgO. The van der Waals surface area contributed by atoms with Crippen molar-refractivity contribution >= 4 is 0 Å². The topological polar surface area (TPSA) is 9.23 Å². The second kappa shape index (κ2) is 7.04. The molecule has 1 rings (SSSR count). The van der Waals surface area contributed by atoms with Gasteiger partial charge in [0.1, 0.15) is 0 Å². The van der Waals surface area contributed by atoms with E-state index >= 15 is 0 Å². The van der Waals surface area contributed by atoms with E-state index in [0.29, 0.717) is 6.10 Å². The van der Waals surface area contributed by atoms with Crippen LogP contribution in [0.1, 0.15) is 12.8 Å². The summed E-state index contributed by atoms with van der Waals surface area (Å²) in [6.07, 6.45) is 4.60. The first kappa shape index (κ1) is 12.6. The van der Waals surface area contributed by atoms with Crippen LogP contribution in [-0.2, 0) is 32.4 Å². The Morgan fingerprint density at radius 2 is 2.22 bits per heavy atom. The van der Waals surface area contributed by atoms with Crippen LogP contribution in [0.4, 0.5) is 0 Å². The van der Waals surface area contributed by atoms with E-state index in [-0.39, 0.29) is 40.1 Å². The average molecular weight is 334 g/mol. The third kappa shape index (κ3) is 4.35. The van der Waals surface area contributed by atoms with Crippen molar-refractivity contribution in [1.82, 2.24) is 0 Å². The van der Waals surface area contributed by atoms with Crippen LogP contribution in [0.3, 0.4) is 0 Å². The van der Waals surface area contributed by atoms with Crippen molar-refractivity contribution in [3.63, 3.8) is 0 Å². The van der Waals surface area contributed by atoms with Crippen molar-refractivity contribution in [3.8, 4) is 0 Å². The molecule has 0 aliphatic carbocycles. The molecule has 1 unspecified atom stereocenters. The van der Waals surface area contributed by atoms with Gasteiger partial charge in [0.15, 0.2) is 0 Å². The molecule has 0 bridgehead atoms. The molecule has 3 heteroatoms. The fourth-order valence-electron chi connectivity index (χ4n) is 0.788. The van der Waals surface area contributed by atoms with Gasteiger partial charge in [0.2, 0.25) is 0 Å². The largest absolute Gasteiger partial charge is 1.00 e. The molecule has 1 heterocycles. The van der Waals surface area contributed by atoms with Crippen molar-refractivity contribution in [2.24, 2.45) is 0 Å². The van der Waals surface area contributed by atoms with Crippen LogP contribution < -0.4 is 12.4 Å². The summed E-state index contributed by atoms with van der Waals surface area (Å²) in [5.41, 5.74) is 0. The fourth-order valence-corrected chi connectivity index (χ4v) is 0.788. The molecule has 1 radical (unpaired) electrons. The van der Waals surface area contributed by atoms with Crippen molar-refractivity contribution in [2.45, 2.75) is 18.9 Å². The molecule has 0 amide bonds. The molecule has 0 aromatic rings. The summed E-state index contributed by atoms with van der Waals surface area (Å²) in [5, 5.41) is 0. The molecule has 0 saturated carbocycles. The third-order valence-corrected chi connectivity index (χ3v) is 1.23. The van der Waals surface area contributed by atoms with Gasteiger partial charge in [0.25, 0.3) is 0 Å². The smallest absolute Gasteiger partial charge is 1.00 e. The SMILES string of the molecule is C=CC1CCCO1.[Cl-].[Hg+]. The van der Waals surface area contributed by atoms with Crippen molar-refractivity contribution in [3.05, 3.63) is 12.7 Å². The van der Waals surface area contributed by atoms with E-state index in [9.17, 15) is 0 Å². The maximum atomic E-state index is 5.18. The molecule has 0 spiro atoms. The maximum Gasteiger partial charge on any atom is 1.00 e. The number of rotatable bonds is 1. The minimum Gasteiger partial charge on any atom is -1.00 e. The maximum absolute atomic E-state index is 5.18. The van der Waals surface area contributed by atoms with Crippen molar-refractivity contribution < 1.29 is 44.8 Å². The summed E-state index contributed by atoms with van der Waals surface area (Å²) >= 11 is 0. The second-order valence-electron chi connectivity index (χ2n) is 1.79. The minimum absolute atomic E-state index is 0. The summed E-state index contributed by atoms with van der Waals surface area (Å²) in [4.78, 5) is 0. The van der Waals surface area contributed by atoms with Crippen LogP contribution in [0.2, 0.25) is 0 Å². The fraction of sp³-hybridized carbons (Fsp3) is 0.667. The molecule has 0 aromatic heterocycles. The van der Waals surface area contributed by atoms with Crippen LogP contribution in [0.15, 0.2) is 12.7 Å². The van der Waals surface area contributed by atoms with Gasteiger partial charge in [-0.05, 0) is 12.8 Å². The standard InChI is InChI=1S/C6H10O.ClH.Hg/c1-2-6-4-3-5-7-6;;/h2,6H,1,3-5H2;1H;/q;;+1/p-1. The molecule has 1 fully saturated rings. The molecule has 9 heavy (non-hydrogen) atoms. The van der Waals surface area contributed by atoms with E-state index < -0.39 is 0 Å². The van der Waals surface area contributed by atoms with Gasteiger partial charge in [-0.2, -0.15) is 0 Å². The summed E-state index contributed by atoms with van der Waals surface area (Å²) in [5.74, 6) is 0. The molecule has 1 saturated heterocycles. The van der Waals surface area contributed by atoms with E-state index in [1.807, 2.05) is 6.08 Å².